The summed E-state index contributed by atoms with van der Waals surface area (Å²) in [6.07, 6.45) is 1.70. The summed E-state index contributed by atoms with van der Waals surface area (Å²) in [6.45, 7) is 0. The Kier molecular flexibility index (Phi) is 3.71. The molecule has 102 valence electrons. The van der Waals surface area contributed by atoms with Gasteiger partial charge in [0.05, 0.1) is 10.0 Å². The number of pyridine rings is 1. The fraction of sp³-hybridized carbons (Fsp3) is 0. The average molecular weight is 436 g/mol. The molecule has 0 aliphatic heterocycles. The van der Waals surface area contributed by atoms with Gasteiger partial charge in [0.2, 0.25) is 0 Å². The third kappa shape index (κ3) is 2.33. The molecule has 0 bridgehead atoms. The maximum absolute atomic E-state index is 6.15. The minimum absolute atomic E-state index is 0.464. The van der Waals surface area contributed by atoms with Crippen LogP contribution < -0.4 is 5.73 Å². The monoisotopic (exact) mass is 433 g/mol. The second kappa shape index (κ2) is 5.22. The summed E-state index contributed by atoms with van der Waals surface area (Å²) in [5.41, 5.74) is 8.30. The minimum Gasteiger partial charge on any atom is -0.383 e. The quantitative estimate of drug-likeness (QED) is 0.555. The van der Waals surface area contributed by atoms with Crippen LogP contribution in [-0.4, -0.2) is 9.38 Å². The highest BCUT2D eigenvalue weighted by Gasteiger charge is 2.15. The number of hydrogen-bond acceptors (Lipinski definition) is 2. The SMILES string of the molecule is Nc1c(-c2ccc(Br)c(Br)c2)nc2c(Cl)cc(Cl)cn12. The van der Waals surface area contributed by atoms with E-state index < -0.39 is 0 Å². The van der Waals surface area contributed by atoms with Crippen molar-refractivity contribution in [1.82, 2.24) is 9.38 Å². The van der Waals surface area contributed by atoms with Gasteiger partial charge in [-0.1, -0.05) is 29.3 Å². The van der Waals surface area contributed by atoms with Crippen LogP contribution in [0, 0.1) is 0 Å². The number of fused-ring (bicyclic) bond motifs is 1. The number of rotatable bonds is 1. The lowest BCUT2D eigenvalue weighted by atomic mass is 10.1. The molecular formula is C13H7Br2Cl2N3. The van der Waals surface area contributed by atoms with Crippen LogP contribution in [0.2, 0.25) is 10.0 Å². The van der Waals surface area contributed by atoms with Crippen LogP contribution in [0.1, 0.15) is 0 Å². The van der Waals surface area contributed by atoms with Crippen LogP contribution in [0.15, 0.2) is 39.4 Å². The molecule has 0 saturated carbocycles. The van der Waals surface area contributed by atoms with Crippen molar-refractivity contribution >= 4 is 66.5 Å². The van der Waals surface area contributed by atoms with Crippen molar-refractivity contribution in [3.05, 3.63) is 49.5 Å². The van der Waals surface area contributed by atoms with E-state index in [0.29, 0.717) is 27.2 Å². The van der Waals surface area contributed by atoms with Gasteiger partial charge in [-0.05, 0) is 50.1 Å². The Morgan fingerprint density at radius 2 is 1.85 bits per heavy atom. The molecule has 3 nitrogen and oxygen atoms in total. The van der Waals surface area contributed by atoms with Crippen molar-refractivity contribution < 1.29 is 0 Å². The number of nitrogens with zero attached hydrogens (tertiary/aromatic N) is 2. The van der Waals surface area contributed by atoms with E-state index in [1.54, 1.807) is 16.7 Å². The average Bonchev–Trinajstić information content (AvgIpc) is 2.71. The van der Waals surface area contributed by atoms with E-state index in [9.17, 15) is 0 Å². The minimum atomic E-state index is 0.464. The molecule has 3 rings (SSSR count). The molecule has 0 saturated heterocycles. The van der Waals surface area contributed by atoms with E-state index >= 15 is 0 Å². The molecule has 2 aromatic heterocycles. The van der Waals surface area contributed by atoms with E-state index in [1.807, 2.05) is 18.2 Å². The van der Waals surface area contributed by atoms with Gasteiger partial charge < -0.3 is 5.73 Å². The van der Waals surface area contributed by atoms with Crippen LogP contribution in [0.25, 0.3) is 16.9 Å². The smallest absolute Gasteiger partial charge is 0.158 e. The Labute approximate surface area is 142 Å². The number of imidazole rings is 1. The van der Waals surface area contributed by atoms with Gasteiger partial charge in [0.1, 0.15) is 11.5 Å². The van der Waals surface area contributed by atoms with E-state index in [-0.39, 0.29) is 0 Å². The van der Waals surface area contributed by atoms with Gasteiger partial charge in [-0.25, -0.2) is 4.98 Å². The van der Waals surface area contributed by atoms with E-state index in [4.69, 9.17) is 28.9 Å². The number of hydrogen-bond donors (Lipinski definition) is 1. The molecule has 1 aromatic carbocycles. The summed E-state index contributed by atoms with van der Waals surface area (Å²) >= 11 is 19.0. The lowest BCUT2D eigenvalue weighted by molar-refractivity contribution is 1.20. The Bertz CT molecular complexity index is 830. The second-order valence-corrected chi connectivity index (χ2v) is 6.73. The molecule has 7 heteroatoms. The Morgan fingerprint density at radius 1 is 1.10 bits per heavy atom. The number of anilines is 1. The molecule has 0 amide bonds. The highest BCUT2D eigenvalue weighted by molar-refractivity contribution is 9.13. The maximum Gasteiger partial charge on any atom is 0.158 e. The number of aromatic nitrogens is 2. The van der Waals surface area contributed by atoms with Crippen LogP contribution in [0.3, 0.4) is 0 Å². The van der Waals surface area contributed by atoms with Gasteiger partial charge >= 0.3 is 0 Å². The molecule has 0 radical (unpaired) electrons. The summed E-state index contributed by atoms with van der Waals surface area (Å²) in [5.74, 6) is 0.499. The lowest BCUT2D eigenvalue weighted by Crippen LogP contribution is -1.94. The Balaban J connectivity index is 2.29. The van der Waals surface area contributed by atoms with Gasteiger partial charge in [-0.3, -0.25) is 4.40 Å². The standard InChI is InChI=1S/C13H7Br2Cl2N3/c14-8-2-1-6(3-9(8)15)11-12(18)20-5-7(16)4-10(17)13(20)19-11/h1-5H,18H2. The van der Waals surface area contributed by atoms with E-state index in [1.165, 1.54) is 0 Å². The zero-order valence-electron chi connectivity index (χ0n) is 9.87. The summed E-state index contributed by atoms with van der Waals surface area (Å²) < 4.78 is 3.58. The normalized spacial score (nSPS) is 11.2. The van der Waals surface area contributed by atoms with Gasteiger partial charge in [0.25, 0.3) is 0 Å². The summed E-state index contributed by atoms with van der Waals surface area (Å²) in [5, 5.41) is 0.974. The van der Waals surface area contributed by atoms with Crippen molar-refractivity contribution in [2.75, 3.05) is 5.73 Å². The fourth-order valence-corrected chi connectivity index (χ4v) is 3.09. The number of nitrogens with two attached hydrogens (primary N) is 1. The third-order valence-corrected chi connectivity index (χ3v) is 5.24. The molecule has 2 heterocycles. The fourth-order valence-electron chi connectivity index (χ4n) is 1.95. The molecule has 20 heavy (non-hydrogen) atoms. The molecule has 0 aliphatic carbocycles. The molecule has 0 unspecified atom stereocenters. The summed E-state index contributed by atoms with van der Waals surface area (Å²) in [6, 6.07) is 7.45. The van der Waals surface area contributed by atoms with Crippen LogP contribution >= 0.6 is 55.1 Å². The van der Waals surface area contributed by atoms with Gasteiger partial charge in [-0.2, -0.15) is 0 Å². The van der Waals surface area contributed by atoms with Gasteiger partial charge in [0.15, 0.2) is 5.65 Å². The van der Waals surface area contributed by atoms with Crippen molar-refractivity contribution in [3.8, 4) is 11.3 Å². The summed E-state index contributed by atoms with van der Waals surface area (Å²) in [7, 11) is 0. The predicted octanol–water partition coefficient (Wildman–Crippen LogP) is 5.42. The number of nitrogen functional groups attached to an aromatic ring is 1. The first-order valence-corrected chi connectivity index (χ1v) is 7.89. The second-order valence-electron chi connectivity index (χ2n) is 4.17. The molecule has 0 aliphatic rings. The number of halogens is 4. The number of benzene rings is 1. The Morgan fingerprint density at radius 3 is 2.55 bits per heavy atom. The topological polar surface area (TPSA) is 43.3 Å². The predicted molar refractivity (Wildman–Crippen MR) is 90.5 cm³/mol. The van der Waals surface area contributed by atoms with Crippen LogP contribution in [0.5, 0.6) is 0 Å². The van der Waals surface area contributed by atoms with Crippen molar-refractivity contribution in [3.63, 3.8) is 0 Å². The zero-order valence-corrected chi connectivity index (χ0v) is 14.6. The van der Waals surface area contributed by atoms with E-state index in [0.717, 1.165) is 14.5 Å². The third-order valence-electron chi connectivity index (χ3n) is 2.87. The molecule has 2 N–H and O–H groups in total. The highest BCUT2D eigenvalue weighted by Crippen LogP contribution is 2.34. The van der Waals surface area contributed by atoms with E-state index in [2.05, 4.69) is 36.8 Å². The van der Waals surface area contributed by atoms with Crippen LogP contribution in [-0.2, 0) is 0 Å². The molecule has 0 atom stereocenters. The zero-order chi connectivity index (χ0) is 14.4. The molecule has 0 spiro atoms. The summed E-state index contributed by atoms with van der Waals surface area (Å²) in [4.78, 5) is 4.51. The first-order valence-electron chi connectivity index (χ1n) is 5.55. The van der Waals surface area contributed by atoms with Gasteiger partial charge in [0, 0.05) is 20.7 Å². The first-order chi connectivity index (χ1) is 9.47. The molecular weight excluding hydrogens is 429 g/mol. The first kappa shape index (κ1) is 14.2. The van der Waals surface area contributed by atoms with Crippen molar-refractivity contribution in [1.29, 1.82) is 0 Å². The van der Waals surface area contributed by atoms with Crippen molar-refractivity contribution in [2.24, 2.45) is 0 Å². The maximum atomic E-state index is 6.15. The van der Waals surface area contributed by atoms with Crippen LogP contribution in [0.4, 0.5) is 5.82 Å². The Hall–Kier alpha value is -0.750. The van der Waals surface area contributed by atoms with Gasteiger partial charge in [-0.15, -0.1) is 0 Å². The molecule has 3 aromatic rings. The largest absolute Gasteiger partial charge is 0.383 e. The lowest BCUT2D eigenvalue weighted by Gasteiger charge is -2.02. The highest BCUT2D eigenvalue weighted by atomic mass is 79.9. The molecule has 0 fully saturated rings. The van der Waals surface area contributed by atoms with Crippen molar-refractivity contribution in [2.45, 2.75) is 0 Å².